The number of hydrogen-bond donors (Lipinski definition) is 2. The highest BCUT2D eigenvalue weighted by molar-refractivity contribution is 7.13. The summed E-state index contributed by atoms with van der Waals surface area (Å²) in [5.41, 5.74) is 6.99. The van der Waals surface area contributed by atoms with Gasteiger partial charge in [-0.1, -0.05) is 6.07 Å². The Morgan fingerprint density at radius 3 is 2.76 bits per heavy atom. The normalized spacial score (nSPS) is 15.2. The van der Waals surface area contributed by atoms with Crippen molar-refractivity contribution in [2.24, 2.45) is 11.7 Å². The van der Waals surface area contributed by atoms with Crippen LogP contribution in [0.3, 0.4) is 0 Å². The second kappa shape index (κ2) is 7.60. The monoisotopic (exact) mass is 359 g/mol. The molecule has 0 bridgehead atoms. The first kappa shape index (κ1) is 17.3. The van der Waals surface area contributed by atoms with E-state index in [1.165, 1.54) is 11.3 Å². The first-order chi connectivity index (χ1) is 12.0. The van der Waals surface area contributed by atoms with E-state index in [-0.39, 0.29) is 24.2 Å². The number of likely N-dealkylation sites (tertiary alicyclic amines) is 1. The van der Waals surface area contributed by atoms with Gasteiger partial charge < -0.3 is 16.0 Å². The van der Waals surface area contributed by atoms with Crippen LogP contribution >= 0.6 is 11.3 Å². The summed E-state index contributed by atoms with van der Waals surface area (Å²) in [6.07, 6.45) is 1.55. The van der Waals surface area contributed by atoms with E-state index in [0.29, 0.717) is 31.1 Å². The minimum atomic E-state index is -0.271. The van der Waals surface area contributed by atoms with Gasteiger partial charge in [-0.25, -0.2) is 9.97 Å². The maximum atomic E-state index is 12.4. The van der Waals surface area contributed by atoms with Crippen LogP contribution in [-0.4, -0.2) is 39.8 Å². The number of nitrogens with zero attached hydrogens (tertiary/aromatic N) is 3. The number of nitrogens with one attached hydrogen (secondary N) is 1. The standard InChI is InChI=1S/C17H21N5O2S/c1-11-3-2-4-14(19-11)21-17-20-13(10-25-17)9-15(23)22-7-5-12(6-8-22)16(18)24/h2-4,10,12H,5-9H2,1H3,(H2,18,24)(H,19,20,21). The average molecular weight is 359 g/mol. The highest BCUT2D eigenvalue weighted by Crippen LogP contribution is 2.22. The van der Waals surface area contributed by atoms with E-state index in [0.717, 1.165) is 17.2 Å². The molecular formula is C17H21N5O2S. The summed E-state index contributed by atoms with van der Waals surface area (Å²) in [6.45, 7) is 3.09. The third-order valence-electron chi connectivity index (χ3n) is 4.26. The number of carbonyl (C=O) groups excluding carboxylic acids is 2. The fourth-order valence-corrected chi connectivity index (χ4v) is 3.57. The van der Waals surface area contributed by atoms with Crippen molar-refractivity contribution in [3.05, 3.63) is 35.0 Å². The third-order valence-corrected chi connectivity index (χ3v) is 5.06. The van der Waals surface area contributed by atoms with Gasteiger partial charge in [0, 0.05) is 30.1 Å². The van der Waals surface area contributed by atoms with Gasteiger partial charge in [0.2, 0.25) is 11.8 Å². The molecule has 1 aliphatic heterocycles. The Kier molecular flexibility index (Phi) is 5.28. The number of thiazole rings is 1. The molecule has 25 heavy (non-hydrogen) atoms. The van der Waals surface area contributed by atoms with Crippen LogP contribution in [-0.2, 0) is 16.0 Å². The number of aromatic nitrogens is 2. The molecule has 1 saturated heterocycles. The lowest BCUT2D eigenvalue weighted by molar-refractivity contribution is -0.134. The minimum absolute atomic E-state index is 0.0356. The lowest BCUT2D eigenvalue weighted by atomic mass is 9.96. The molecule has 0 aromatic carbocycles. The number of rotatable bonds is 5. The van der Waals surface area contributed by atoms with Gasteiger partial charge in [-0.15, -0.1) is 11.3 Å². The number of piperidine rings is 1. The first-order valence-corrected chi connectivity index (χ1v) is 9.11. The van der Waals surface area contributed by atoms with Crippen LogP contribution in [0, 0.1) is 12.8 Å². The zero-order valence-corrected chi connectivity index (χ0v) is 14.9. The maximum Gasteiger partial charge on any atom is 0.228 e. The Hall–Kier alpha value is -2.48. The molecule has 3 rings (SSSR count). The predicted molar refractivity (Wildman–Crippen MR) is 96.6 cm³/mol. The molecule has 1 aliphatic rings. The predicted octanol–water partition coefficient (Wildman–Crippen LogP) is 1.86. The maximum absolute atomic E-state index is 12.4. The molecule has 0 spiro atoms. The van der Waals surface area contributed by atoms with Gasteiger partial charge in [-0.3, -0.25) is 9.59 Å². The number of anilines is 2. The highest BCUT2D eigenvalue weighted by Gasteiger charge is 2.26. The smallest absolute Gasteiger partial charge is 0.228 e. The number of carbonyl (C=O) groups is 2. The largest absolute Gasteiger partial charge is 0.369 e. The Morgan fingerprint density at radius 1 is 1.32 bits per heavy atom. The van der Waals surface area contributed by atoms with E-state index in [1.807, 2.05) is 30.5 Å². The fourth-order valence-electron chi connectivity index (χ4n) is 2.85. The van der Waals surface area contributed by atoms with Crippen LogP contribution in [0.15, 0.2) is 23.6 Å². The van der Waals surface area contributed by atoms with E-state index in [9.17, 15) is 9.59 Å². The zero-order valence-electron chi connectivity index (χ0n) is 14.1. The van der Waals surface area contributed by atoms with Crippen molar-refractivity contribution in [1.82, 2.24) is 14.9 Å². The number of amides is 2. The number of primary amides is 1. The van der Waals surface area contributed by atoms with Gasteiger partial charge >= 0.3 is 0 Å². The summed E-state index contributed by atoms with van der Waals surface area (Å²) in [5, 5.41) is 5.75. The molecule has 2 aromatic rings. The van der Waals surface area contributed by atoms with E-state index in [1.54, 1.807) is 4.90 Å². The Bertz CT molecular complexity index is 768. The number of aryl methyl sites for hydroxylation is 1. The lowest BCUT2D eigenvalue weighted by Crippen LogP contribution is -2.42. The summed E-state index contributed by atoms with van der Waals surface area (Å²) >= 11 is 1.45. The van der Waals surface area contributed by atoms with E-state index < -0.39 is 0 Å². The molecular weight excluding hydrogens is 338 g/mol. The first-order valence-electron chi connectivity index (χ1n) is 8.23. The number of nitrogens with two attached hydrogens (primary N) is 1. The van der Waals surface area contributed by atoms with Gasteiger partial charge in [-0.05, 0) is 31.9 Å². The van der Waals surface area contributed by atoms with Crippen molar-refractivity contribution < 1.29 is 9.59 Å². The number of hydrogen-bond acceptors (Lipinski definition) is 6. The van der Waals surface area contributed by atoms with Crippen molar-refractivity contribution in [3.63, 3.8) is 0 Å². The molecule has 3 heterocycles. The van der Waals surface area contributed by atoms with E-state index >= 15 is 0 Å². The van der Waals surface area contributed by atoms with Gasteiger partial charge in [-0.2, -0.15) is 0 Å². The average Bonchev–Trinajstić information content (AvgIpc) is 3.01. The molecule has 8 heteroatoms. The SMILES string of the molecule is Cc1cccc(Nc2nc(CC(=O)N3CCC(C(N)=O)CC3)cs2)n1. The van der Waals surface area contributed by atoms with E-state index in [4.69, 9.17) is 5.73 Å². The molecule has 0 atom stereocenters. The second-order valence-electron chi connectivity index (χ2n) is 6.17. The molecule has 2 amide bonds. The van der Waals surface area contributed by atoms with Crippen molar-refractivity contribution in [2.75, 3.05) is 18.4 Å². The fraction of sp³-hybridized carbons (Fsp3) is 0.412. The van der Waals surface area contributed by atoms with Gasteiger partial charge in [0.25, 0.3) is 0 Å². The summed E-state index contributed by atoms with van der Waals surface area (Å²) in [4.78, 5) is 34.2. The van der Waals surface area contributed by atoms with Crippen molar-refractivity contribution >= 4 is 34.1 Å². The van der Waals surface area contributed by atoms with Gasteiger partial charge in [0.1, 0.15) is 5.82 Å². The molecule has 3 N–H and O–H groups in total. The lowest BCUT2D eigenvalue weighted by Gasteiger charge is -2.30. The van der Waals surface area contributed by atoms with Crippen molar-refractivity contribution in [3.8, 4) is 0 Å². The Balaban J connectivity index is 1.54. The second-order valence-corrected chi connectivity index (χ2v) is 7.03. The third kappa shape index (κ3) is 4.54. The molecule has 1 fully saturated rings. The molecule has 132 valence electrons. The van der Waals surface area contributed by atoms with E-state index in [2.05, 4.69) is 15.3 Å². The van der Waals surface area contributed by atoms with Gasteiger partial charge in [0.15, 0.2) is 5.13 Å². The molecule has 2 aromatic heterocycles. The van der Waals surface area contributed by atoms with Crippen LogP contribution in [0.1, 0.15) is 24.2 Å². The zero-order chi connectivity index (χ0) is 17.8. The van der Waals surface area contributed by atoms with Crippen LogP contribution in [0.25, 0.3) is 0 Å². The summed E-state index contributed by atoms with van der Waals surface area (Å²) in [5.74, 6) is 0.391. The Labute approximate surface area is 150 Å². The molecule has 0 unspecified atom stereocenters. The number of pyridine rings is 1. The van der Waals surface area contributed by atoms with Crippen LogP contribution < -0.4 is 11.1 Å². The highest BCUT2D eigenvalue weighted by atomic mass is 32.1. The van der Waals surface area contributed by atoms with Crippen molar-refractivity contribution in [1.29, 1.82) is 0 Å². The summed E-state index contributed by atoms with van der Waals surface area (Å²) in [6, 6.07) is 5.74. The van der Waals surface area contributed by atoms with Crippen molar-refractivity contribution in [2.45, 2.75) is 26.2 Å². The topological polar surface area (TPSA) is 101 Å². The Morgan fingerprint density at radius 2 is 2.08 bits per heavy atom. The van der Waals surface area contributed by atoms with Crippen LogP contribution in [0.4, 0.5) is 10.9 Å². The van der Waals surface area contributed by atoms with Crippen LogP contribution in [0.2, 0.25) is 0 Å². The molecule has 7 nitrogen and oxygen atoms in total. The summed E-state index contributed by atoms with van der Waals surface area (Å²) in [7, 11) is 0. The molecule has 0 aliphatic carbocycles. The van der Waals surface area contributed by atoms with Crippen LogP contribution in [0.5, 0.6) is 0 Å². The van der Waals surface area contributed by atoms with Gasteiger partial charge in [0.05, 0.1) is 12.1 Å². The quantitative estimate of drug-likeness (QED) is 0.848. The summed E-state index contributed by atoms with van der Waals surface area (Å²) < 4.78 is 0. The minimum Gasteiger partial charge on any atom is -0.369 e. The molecule has 0 saturated carbocycles. The molecule has 0 radical (unpaired) electrons.